The smallest absolute Gasteiger partial charge is 0.284 e. The summed E-state index contributed by atoms with van der Waals surface area (Å²) < 4.78 is 144. The van der Waals surface area contributed by atoms with Gasteiger partial charge >= 0.3 is 33.4 Å². The van der Waals surface area contributed by atoms with Crippen molar-refractivity contribution >= 4 is 20.7 Å². The fraction of sp³-hybridized carbons (Fsp3) is 1.00. The van der Waals surface area contributed by atoms with E-state index in [-0.39, 0.29) is 6.61 Å². The second-order valence-electron chi connectivity index (χ2n) is 4.23. The van der Waals surface area contributed by atoms with Crippen LogP contribution in [-0.4, -0.2) is 50.8 Å². The van der Waals surface area contributed by atoms with E-state index in [9.17, 15) is 47.9 Å². The number of halogens is 9. The van der Waals surface area contributed by atoms with Crippen molar-refractivity contribution in [2.75, 3.05) is 19.1 Å². The lowest BCUT2D eigenvalue weighted by atomic mass is 10.1. The van der Waals surface area contributed by atoms with Gasteiger partial charge in [0.25, 0.3) is 0 Å². The summed E-state index contributed by atoms with van der Waals surface area (Å²) in [5.41, 5.74) is 0. The molecule has 0 N–H and O–H groups in total. The first-order chi connectivity index (χ1) is 9.77. The lowest BCUT2D eigenvalue weighted by molar-refractivity contribution is -0.382. The van der Waals surface area contributed by atoms with Gasteiger partial charge in [0.15, 0.2) is 0 Å². The molecule has 0 aromatic carbocycles. The van der Waals surface area contributed by atoms with Crippen LogP contribution in [-0.2, 0) is 17.9 Å². The molecule has 0 bridgehead atoms. The van der Waals surface area contributed by atoms with Gasteiger partial charge in [-0.15, -0.1) is 0 Å². The average molecular weight is 406 g/mol. The van der Waals surface area contributed by atoms with Crippen LogP contribution in [0.5, 0.6) is 0 Å². The third-order valence-electron chi connectivity index (χ3n) is 2.08. The quantitative estimate of drug-likeness (QED) is 0.606. The summed E-state index contributed by atoms with van der Waals surface area (Å²) in [6, 6.07) is 0. The molecule has 0 aromatic rings. The Labute approximate surface area is 126 Å². The van der Waals surface area contributed by atoms with Gasteiger partial charge in [-0.25, -0.2) is 0 Å². The number of rotatable bonds is 7. The highest BCUT2D eigenvalue weighted by Gasteiger charge is 2.86. The Hall–Kier alpha value is -0.410. The van der Waals surface area contributed by atoms with Crippen LogP contribution in [0.2, 0.25) is 0 Å². The number of alkyl halides is 9. The molecule has 0 spiro atoms. The number of hydrogen-bond acceptors (Lipinski definition) is 4. The Kier molecular flexibility index (Phi) is 6.04. The summed E-state index contributed by atoms with van der Waals surface area (Å²) in [7, 11) is -10.3. The zero-order chi connectivity index (χ0) is 19.1. The molecule has 0 heterocycles. The molecule has 0 saturated heterocycles. The molecule has 0 aliphatic heterocycles. The van der Waals surface area contributed by atoms with E-state index in [1.807, 2.05) is 0 Å². The van der Waals surface area contributed by atoms with Gasteiger partial charge in [-0.05, 0) is 6.92 Å². The minimum atomic E-state index is -7.33. The van der Waals surface area contributed by atoms with Crippen molar-refractivity contribution in [2.45, 2.75) is 30.2 Å². The fourth-order valence-corrected chi connectivity index (χ4v) is 4.31. The first-order valence-electron chi connectivity index (χ1n) is 5.30. The SMILES string of the molecule is CCOS(C)(C)OS(=O)(=O)C(F)(F)C(F)(F)C(F)(F)C(F)(F)F. The Morgan fingerprint density at radius 1 is 0.826 bits per heavy atom. The molecule has 23 heavy (non-hydrogen) atoms. The molecule has 0 aliphatic carbocycles. The second-order valence-corrected chi connectivity index (χ2v) is 8.72. The van der Waals surface area contributed by atoms with E-state index in [1.165, 1.54) is 6.92 Å². The molecule has 0 amide bonds. The van der Waals surface area contributed by atoms with Crippen LogP contribution in [0, 0.1) is 0 Å². The molecule has 0 atom stereocenters. The molecule has 142 valence electrons. The van der Waals surface area contributed by atoms with E-state index in [2.05, 4.69) is 7.81 Å². The predicted molar refractivity (Wildman–Crippen MR) is 62.0 cm³/mol. The zero-order valence-electron chi connectivity index (χ0n) is 11.6. The van der Waals surface area contributed by atoms with Gasteiger partial charge < -0.3 is 0 Å². The van der Waals surface area contributed by atoms with E-state index in [0.29, 0.717) is 0 Å². The van der Waals surface area contributed by atoms with Gasteiger partial charge in [0.2, 0.25) is 0 Å². The van der Waals surface area contributed by atoms with E-state index < -0.39 is 44.0 Å². The molecule has 0 rings (SSSR count). The van der Waals surface area contributed by atoms with E-state index in [1.54, 1.807) is 0 Å². The van der Waals surface area contributed by atoms with Crippen LogP contribution >= 0.6 is 10.6 Å². The van der Waals surface area contributed by atoms with Crippen molar-refractivity contribution < 1.29 is 55.7 Å². The van der Waals surface area contributed by atoms with E-state index in [4.69, 9.17) is 0 Å². The summed E-state index contributed by atoms with van der Waals surface area (Å²) in [6.07, 6.45) is -5.67. The maximum atomic E-state index is 13.3. The van der Waals surface area contributed by atoms with Crippen LogP contribution in [0.4, 0.5) is 39.5 Å². The summed E-state index contributed by atoms with van der Waals surface area (Å²) in [4.78, 5) is 0. The fourth-order valence-electron chi connectivity index (χ4n) is 1.08. The van der Waals surface area contributed by atoms with Crippen molar-refractivity contribution in [2.24, 2.45) is 0 Å². The monoisotopic (exact) mass is 406 g/mol. The summed E-state index contributed by atoms with van der Waals surface area (Å²) >= 11 is 0. The Balaban J connectivity index is 5.96. The minimum Gasteiger partial charge on any atom is -0.284 e. The average Bonchev–Trinajstić information content (AvgIpc) is 2.24. The third kappa shape index (κ3) is 3.99. The van der Waals surface area contributed by atoms with Crippen molar-refractivity contribution in [3.8, 4) is 0 Å². The van der Waals surface area contributed by atoms with Gasteiger partial charge in [-0.2, -0.15) is 62.2 Å². The predicted octanol–water partition coefficient (Wildman–Crippen LogP) is 3.69. The van der Waals surface area contributed by atoms with Crippen molar-refractivity contribution in [1.82, 2.24) is 0 Å². The highest BCUT2D eigenvalue weighted by molar-refractivity contribution is 8.28. The molecular formula is C8H11F9O4S2. The Morgan fingerprint density at radius 2 is 1.22 bits per heavy atom. The Bertz CT molecular complexity index is 526. The second kappa shape index (κ2) is 6.15. The number of hydrogen-bond donors (Lipinski definition) is 0. The molecule has 0 aromatic heterocycles. The summed E-state index contributed by atoms with van der Waals surface area (Å²) in [5, 5.41) is -6.87. The van der Waals surface area contributed by atoms with E-state index >= 15 is 0 Å². The van der Waals surface area contributed by atoms with Crippen LogP contribution in [0.3, 0.4) is 0 Å². The minimum absolute atomic E-state index is 0.335. The van der Waals surface area contributed by atoms with Gasteiger partial charge in [0, 0.05) is 12.5 Å². The van der Waals surface area contributed by atoms with E-state index in [0.717, 1.165) is 12.5 Å². The Morgan fingerprint density at radius 3 is 1.52 bits per heavy atom. The van der Waals surface area contributed by atoms with Crippen molar-refractivity contribution in [3.05, 3.63) is 0 Å². The zero-order valence-corrected chi connectivity index (χ0v) is 13.2. The van der Waals surface area contributed by atoms with Crippen LogP contribution in [0.1, 0.15) is 6.92 Å². The lowest BCUT2D eigenvalue weighted by Crippen LogP contribution is -2.63. The molecular weight excluding hydrogens is 395 g/mol. The highest BCUT2D eigenvalue weighted by Crippen LogP contribution is 2.57. The lowest BCUT2D eigenvalue weighted by Gasteiger charge is -2.37. The van der Waals surface area contributed by atoms with Crippen LogP contribution in [0.25, 0.3) is 0 Å². The largest absolute Gasteiger partial charge is 0.460 e. The first-order valence-corrected chi connectivity index (χ1v) is 9.01. The molecule has 0 unspecified atom stereocenters. The summed E-state index contributed by atoms with van der Waals surface area (Å²) in [5.74, 6) is -14.6. The topological polar surface area (TPSA) is 52.6 Å². The van der Waals surface area contributed by atoms with Gasteiger partial charge in [-0.3, -0.25) is 4.18 Å². The molecule has 0 aliphatic rings. The van der Waals surface area contributed by atoms with Gasteiger partial charge in [-0.1, -0.05) is 0 Å². The van der Waals surface area contributed by atoms with Crippen molar-refractivity contribution in [1.29, 1.82) is 0 Å². The molecule has 0 radical (unpaired) electrons. The maximum absolute atomic E-state index is 13.3. The van der Waals surface area contributed by atoms with Crippen LogP contribution < -0.4 is 0 Å². The highest BCUT2D eigenvalue weighted by atomic mass is 32.3. The normalized spacial score (nSPS) is 16.5. The summed E-state index contributed by atoms with van der Waals surface area (Å²) in [6.45, 7) is 0.897. The maximum Gasteiger partial charge on any atom is 0.460 e. The van der Waals surface area contributed by atoms with Crippen LogP contribution in [0.15, 0.2) is 0 Å². The molecule has 4 nitrogen and oxygen atoms in total. The molecule has 0 fully saturated rings. The standard InChI is InChI=1S/C8H11F9O4S2/c1-4-20-22(2,3)21-23(18,19)8(16,17)6(11,12)5(9,10)7(13,14)15/h4H2,1-3H3. The third-order valence-corrected chi connectivity index (χ3v) is 5.80. The molecule has 0 saturated carbocycles. The molecule has 15 heteroatoms. The van der Waals surface area contributed by atoms with Gasteiger partial charge in [0.05, 0.1) is 6.61 Å². The van der Waals surface area contributed by atoms with Crippen molar-refractivity contribution in [3.63, 3.8) is 0 Å². The van der Waals surface area contributed by atoms with Gasteiger partial charge in [0.1, 0.15) is 0 Å². The first kappa shape index (κ1) is 22.6.